The van der Waals surface area contributed by atoms with Crippen molar-refractivity contribution in [3.8, 4) is 0 Å². The average molecular weight is 386 g/mol. The fourth-order valence-electron chi connectivity index (χ4n) is 2.27. The standard InChI is InChI=1S/C17H14N4O3S2/c1-2-20-15(22)14(26-17(20)19-16-18-10-11-25-16)9-5-7-12-6-3-4-8-13(12)21(23)24/h3-11H,2H2,1H3/b7-5+,14-9-,19-17+. The molecule has 26 heavy (non-hydrogen) atoms. The number of allylic oxidation sites excluding steroid dienone is 2. The number of thiazole rings is 1. The maximum absolute atomic E-state index is 12.5. The smallest absolute Gasteiger partial charge is 0.276 e. The summed E-state index contributed by atoms with van der Waals surface area (Å²) in [5.74, 6) is -0.139. The minimum absolute atomic E-state index is 0.0220. The fraction of sp³-hybridized carbons (Fsp3) is 0.118. The minimum atomic E-state index is -0.431. The topological polar surface area (TPSA) is 88.7 Å². The zero-order valence-corrected chi connectivity index (χ0v) is 15.4. The van der Waals surface area contributed by atoms with Crippen LogP contribution >= 0.6 is 23.1 Å². The summed E-state index contributed by atoms with van der Waals surface area (Å²) in [5, 5.41) is 14.0. The molecule has 9 heteroatoms. The Hall–Kier alpha value is -2.78. The Bertz CT molecular complexity index is 920. The van der Waals surface area contributed by atoms with Gasteiger partial charge in [0.2, 0.25) is 5.13 Å². The first-order valence-corrected chi connectivity index (χ1v) is 9.39. The normalized spacial score (nSPS) is 17.7. The summed E-state index contributed by atoms with van der Waals surface area (Å²) in [7, 11) is 0. The second-order valence-corrected chi connectivity index (χ2v) is 6.95. The Kier molecular flexibility index (Phi) is 5.59. The summed E-state index contributed by atoms with van der Waals surface area (Å²) in [4.78, 5) is 33.7. The average Bonchev–Trinajstić information content (AvgIpc) is 3.24. The van der Waals surface area contributed by atoms with E-state index in [1.165, 1.54) is 29.2 Å². The summed E-state index contributed by atoms with van der Waals surface area (Å²) in [5.41, 5.74) is 0.502. The van der Waals surface area contributed by atoms with Crippen molar-refractivity contribution in [3.05, 3.63) is 68.6 Å². The predicted octanol–water partition coefficient (Wildman–Crippen LogP) is 4.23. The highest BCUT2D eigenvalue weighted by Gasteiger charge is 2.32. The number of hydrogen-bond acceptors (Lipinski definition) is 7. The van der Waals surface area contributed by atoms with E-state index in [4.69, 9.17) is 0 Å². The van der Waals surface area contributed by atoms with Gasteiger partial charge in [-0.05, 0) is 36.9 Å². The van der Waals surface area contributed by atoms with Gasteiger partial charge in [-0.2, -0.15) is 4.99 Å². The van der Waals surface area contributed by atoms with Crippen molar-refractivity contribution < 1.29 is 9.72 Å². The van der Waals surface area contributed by atoms with E-state index < -0.39 is 4.92 Å². The second kappa shape index (κ2) is 8.07. The van der Waals surface area contributed by atoms with Crippen LogP contribution in [0.1, 0.15) is 12.5 Å². The van der Waals surface area contributed by atoms with Crippen molar-refractivity contribution in [2.45, 2.75) is 6.92 Å². The van der Waals surface area contributed by atoms with Crippen LogP contribution in [-0.2, 0) is 4.79 Å². The van der Waals surface area contributed by atoms with Crippen LogP contribution in [0.25, 0.3) is 6.08 Å². The number of benzene rings is 1. The summed E-state index contributed by atoms with van der Waals surface area (Å²) < 4.78 is 0. The summed E-state index contributed by atoms with van der Waals surface area (Å²) in [6.07, 6.45) is 6.57. The number of nitrogens with zero attached hydrogens (tertiary/aromatic N) is 4. The number of nitro benzene ring substituents is 1. The van der Waals surface area contributed by atoms with Crippen molar-refractivity contribution in [2.24, 2.45) is 4.99 Å². The summed E-state index contributed by atoms with van der Waals surface area (Å²) in [6.45, 7) is 2.38. The molecular weight excluding hydrogens is 372 g/mol. The molecule has 0 bridgehead atoms. The van der Waals surface area contributed by atoms with E-state index in [0.29, 0.717) is 27.3 Å². The molecule has 0 atom stereocenters. The van der Waals surface area contributed by atoms with Gasteiger partial charge in [-0.25, -0.2) is 4.98 Å². The fourth-order valence-corrected chi connectivity index (χ4v) is 3.83. The summed E-state index contributed by atoms with van der Waals surface area (Å²) >= 11 is 2.66. The van der Waals surface area contributed by atoms with E-state index in [2.05, 4.69) is 9.98 Å². The Balaban J connectivity index is 1.83. The number of aliphatic imine (C=N–C) groups is 1. The SMILES string of the molecule is CCN1C(=O)/C(=C/C=C/c2ccccc2[N+](=O)[O-])S/C1=N/c1nccs1. The molecule has 0 saturated carbocycles. The molecular formula is C17H14N4O3S2. The molecule has 132 valence electrons. The van der Waals surface area contributed by atoms with Crippen LogP contribution in [0.3, 0.4) is 0 Å². The third-order valence-corrected chi connectivity index (χ3v) is 5.16. The maximum atomic E-state index is 12.5. The molecule has 7 nitrogen and oxygen atoms in total. The zero-order valence-electron chi connectivity index (χ0n) is 13.7. The lowest BCUT2D eigenvalue weighted by Crippen LogP contribution is -2.28. The van der Waals surface area contributed by atoms with Crippen molar-refractivity contribution in [2.75, 3.05) is 6.54 Å². The van der Waals surface area contributed by atoms with E-state index in [1.807, 2.05) is 12.3 Å². The molecule has 0 radical (unpaired) electrons. The molecule has 1 saturated heterocycles. The maximum Gasteiger partial charge on any atom is 0.276 e. The number of carbonyl (C=O) groups is 1. The molecule has 1 aliphatic rings. The lowest BCUT2D eigenvalue weighted by molar-refractivity contribution is -0.385. The Labute approximate surface area is 157 Å². The van der Waals surface area contributed by atoms with Gasteiger partial charge in [0.1, 0.15) is 0 Å². The zero-order chi connectivity index (χ0) is 18.5. The lowest BCUT2D eigenvalue weighted by atomic mass is 10.1. The number of aromatic nitrogens is 1. The molecule has 3 rings (SSSR count). The molecule has 2 aromatic rings. The van der Waals surface area contributed by atoms with E-state index in [-0.39, 0.29) is 11.6 Å². The number of nitro groups is 1. The molecule has 1 amide bonds. The number of para-hydroxylation sites is 1. The highest BCUT2D eigenvalue weighted by atomic mass is 32.2. The molecule has 0 unspecified atom stereocenters. The van der Waals surface area contributed by atoms with Gasteiger partial charge >= 0.3 is 0 Å². The Morgan fingerprint density at radius 2 is 2.19 bits per heavy atom. The summed E-state index contributed by atoms with van der Waals surface area (Å²) in [6, 6.07) is 6.45. The molecule has 2 heterocycles. The predicted molar refractivity (Wildman–Crippen MR) is 104 cm³/mol. The van der Waals surface area contributed by atoms with Gasteiger partial charge in [-0.1, -0.05) is 18.2 Å². The highest BCUT2D eigenvalue weighted by molar-refractivity contribution is 8.18. The van der Waals surface area contributed by atoms with Crippen molar-refractivity contribution in [1.29, 1.82) is 0 Å². The molecule has 0 spiro atoms. The van der Waals surface area contributed by atoms with Crippen LogP contribution in [0.5, 0.6) is 0 Å². The first-order valence-electron chi connectivity index (χ1n) is 7.70. The first kappa shape index (κ1) is 18.0. The lowest BCUT2D eigenvalue weighted by Gasteiger charge is -2.11. The van der Waals surface area contributed by atoms with Crippen molar-refractivity contribution in [1.82, 2.24) is 9.88 Å². The Morgan fingerprint density at radius 1 is 1.38 bits per heavy atom. The number of rotatable bonds is 5. The number of hydrogen-bond donors (Lipinski definition) is 0. The van der Waals surface area contributed by atoms with Gasteiger partial charge in [0.05, 0.1) is 15.4 Å². The quantitative estimate of drug-likeness (QED) is 0.436. The highest BCUT2D eigenvalue weighted by Crippen LogP contribution is 2.33. The number of amides is 1. The van der Waals surface area contributed by atoms with E-state index in [1.54, 1.807) is 47.5 Å². The van der Waals surface area contributed by atoms with Crippen LogP contribution in [0.2, 0.25) is 0 Å². The first-order chi connectivity index (χ1) is 12.6. The van der Waals surface area contributed by atoms with Crippen LogP contribution in [0.4, 0.5) is 10.8 Å². The third kappa shape index (κ3) is 3.89. The molecule has 0 aliphatic carbocycles. The van der Waals surface area contributed by atoms with E-state index in [9.17, 15) is 14.9 Å². The molecule has 0 N–H and O–H groups in total. The van der Waals surface area contributed by atoms with Gasteiger partial charge in [0, 0.05) is 24.2 Å². The number of likely N-dealkylation sites (N-methyl/N-ethyl adjacent to an activating group) is 1. The minimum Gasteiger partial charge on any atom is -0.287 e. The van der Waals surface area contributed by atoms with Gasteiger partial charge in [-0.15, -0.1) is 11.3 Å². The van der Waals surface area contributed by atoms with E-state index in [0.717, 1.165) is 0 Å². The van der Waals surface area contributed by atoms with Gasteiger partial charge in [0.15, 0.2) is 5.17 Å². The number of thioether (sulfide) groups is 1. The van der Waals surface area contributed by atoms with Crippen molar-refractivity contribution in [3.63, 3.8) is 0 Å². The van der Waals surface area contributed by atoms with Gasteiger partial charge < -0.3 is 0 Å². The third-order valence-electron chi connectivity index (χ3n) is 3.47. The van der Waals surface area contributed by atoms with Crippen LogP contribution in [-0.4, -0.2) is 32.4 Å². The van der Waals surface area contributed by atoms with Crippen LogP contribution in [0, 0.1) is 10.1 Å². The second-order valence-electron chi connectivity index (χ2n) is 5.07. The molecule has 1 aromatic carbocycles. The van der Waals surface area contributed by atoms with Gasteiger partial charge in [-0.3, -0.25) is 19.8 Å². The van der Waals surface area contributed by atoms with Crippen molar-refractivity contribution >= 4 is 51.1 Å². The molecule has 1 aliphatic heterocycles. The largest absolute Gasteiger partial charge is 0.287 e. The monoisotopic (exact) mass is 386 g/mol. The molecule has 1 fully saturated rings. The Morgan fingerprint density at radius 3 is 2.88 bits per heavy atom. The molecule has 1 aromatic heterocycles. The van der Waals surface area contributed by atoms with Gasteiger partial charge in [0.25, 0.3) is 11.6 Å². The van der Waals surface area contributed by atoms with Crippen LogP contribution < -0.4 is 0 Å². The number of amidine groups is 1. The van der Waals surface area contributed by atoms with Crippen LogP contribution in [0.15, 0.2) is 57.9 Å². The number of carbonyl (C=O) groups excluding carboxylic acids is 1. The van der Waals surface area contributed by atoms with E-state index >= 15 is 0 Å².